The van der Waals surface area contributed by atoms with E-state index in [2.05, 4.69) is 38.0 Å². The third-order valence-corrected chi connectivity index (χ3v) is 3.51. The predicted octanol–water partition coefficient (Wildman–Crippen LogP) is 3.06. The fraction of sp³-hybridized carbons (Fsp3) is 0.571. The Bertz CT molecular complexity index is 394. The Kier molecular flexibility index (Phi) is 5.54. The van der Waals surface area contributed by atoms with E-state index in [1.807, 2.05) is 12.1 Å². The summed E-state index contributed by atoms with van der Waals surface area (Å²) >= 11 is 5.03. The molecule has 0 unspecified atom stereocenters. The number of nitrogens with one attached hydrogen (secondary N) is 1. The maximum Gasteiger partial charge on any atom is 0.136 e. The van der Waals surface area contributed by atoms with Crippen LogP contribution in [0.4, 0.5) is 5.82 Å². The van der Waals surface area contributed by atoms with Crippen molar-refractivity contribution in [1.29, 1.82) is 0 Å². The van der Waals surface area contributed by atoms with Gasteiger partial charge >= 0.3 is 0 Å². The van der Waals surface area contributed by atoms with Crippen LogP contribution in [-0.2, 0) is 0 Å². The monoisotopic (exact) mass is 265 g/mol. The highest BCUT2D eigenvalue weighted by Crippen LogP contribution is 2.21. The molecule has 1 aromatic heterocycles. The first-order valence-electron chi connectivity index (χ1n) is 6.42. The highest BCUT2D eigenvalue weighted by molar-refractivity contribution is 7.80. The normalized spacial score (nSPS) is 11.3. The summed E-state index contributed by atoms with van der Waals surface area (Å²) in [4.78, 5) is 4.70. The Balaban J connectivity index is 2.76. The van der Waals surface area contributed by atoms with Gasteiger partial charge in [0.1, 0.15) is 10.8 Å². The smallest absolute Gasteiger partial charge is 0.136 e. The van der Waals surface area contributed by atoms with E-state index in [-0.39, 0.29) is 0 Å². The standard InChI is InChI=1S/C14H23N3S/c1-9(2)12(10(3)4)8-17-14-11(13(15)18)6-5-7-16-14/h5-7,9-10,12H,8H2,1-4H3,(H2,15,18)(H,16,17). The molecule has 100 valence electrons. The largest absolute Gasteiger partial charge is 0.389 e. The van der Waals surface area contributed by atoms with Crippen molar-refractivity contribution >= 4 is 23.0 Å². The first kappa shape index (κ1) is 14.9. The van der Waals surface area contributed by atoms with Gasteiger partial charge in [-0.3, -0.25) is 0 Å². The van der Waals surface area contributed by atoms with Gasteiger partial charge in [-0.25, -0.2) is 4.98 Å². The van der Waals surface area contributed by atoms with Crippen molar-refractivity contribution in [3.63, 3.8) is 0 Å². The van der Waals surface area contributed by atoms with Gasteiger partial charge in [0, 0.05) is 12.7 Å². The summed E-state index contributed by atoms with van der Waals surface area (Å²) in [5.41, 5.74) is 6.51. The van der Waals surface area contributed by atoms with Gasteiger partial charge in [0.15, 0.2) is 0 Å². The number of thiocarbonyl (C=S) groups is 1. The Labute approximate surface area is 115 Å². The van der Waals surface area contributed by atoms with Crippen molar-refractivity contribution in [2.45, 2.75) is 27.7 Å². The van der Waals surface area contributed by atoms with Crippen LogP contribution in [0.1, 0.15) is 33.3 Å². The summed E-state index contributed by atoms with van der Waals surface area (Å²) in [5, 5.41) is 3.38. The van der Waals surface area contributed by atoms with E-state index >= 15 is 0 Å². The maximum atomic E-state index is 5.69. The van der Waals surface area contributed by atoms with Gasteiger partial charge in [0.2, 0.25) is 0 Å². The van der Waals surface area contributed by atoms with Crippen LogP contribution >= 0.6 is 12.2 Å². The fourth-order valence-corrected chi connectivity index (χ4v) is 2.37. The third kappa shape index (κ3) is 3.95. The van der Waals surface area contributed by atoms with E-state index in [1.54, 1.807) is 6.20 Å². The molecule has 3 nitrogen and oxygen atoms in total. The third-order valence-electron chi connectivity index (χ3n) is 3.29. The zero-order valence-electron chi connectivity index (χ0n) is 11.6. The van der Waals surface area contributed by atoms with E-state index < -0.39 is 0 Å². The number of nitrogens with zero attached hydrogens (tertiary/aromatic N) is 1. The van der Waals surface area contributed by atoms with Crippen LogP contribution < -0.4 is 11.1 Å². The summed E-state index contributed by atoms with van der Waals surface area (Å²) in [6, 6.07) is 3.75. The number of nitrogens with two attached hydrogens (primary N) is 1. The Hall–Kier alpha value is -1.16. The highest BCUT2D eigenvalue weighted by atomic mass is 32.1. The number of hydrogen-bond donors (Lipinski definition) is 2. The Morgan fingerprint density at radius 2 is 1.94 bits per heavy atom. The first-order valence-corrected chi connectivity index (χ1v) is 6.83. The summed E-state index contributed by atoms with van der Waals surface area (Å²) in [6.07, 6.45) is 1.75. The van der Waals surface area contributed by atoms with Crippen LogP contribution in [0.2, 0.25) is 0 Å². The molecule has 0 aliphatic heterocycles. The van der Waals surface area contributed by atoms with Gasteiger partial charge in [-0.15, -0.1) is 0 Å². The second-order valence-electron chi connectivity index (χ2n) is 5.30. The van der Waals surface area contributed by atoms with Crippen molar-refractivity contribution in [2.75, 3.05) is 11.9 Å². The van der Waals surface area contributed by atoms with Gasteiger partial charge in [0.25, 0.3) is 0 Å². The molecule has 0 amide bonds. The average molecular weight is 265 g/mol. The highest BCUT2D eigenvalue weighted by Gasteiger charge is 2.18. The molecular weight excluding hydrogens is 242 g/mol. The number of pyridine rings is 1. The number of anilines is 1. The molecule has 0 fully saturated rings. The molecule has 1 rings (SSSR count). The van der Waals surface area contributed by atoms with Crippen LogP contribution in [0.3, 0.4) is 0 Å². The van der Waals surface area contributed by atoms with E-state index in [0.717, 1.165) is 17.9 Å². The molecule has 0 radical (unpaired) electrons. The number of rotatable bonds is 6. The zero-order chi connectivity index (χ0) is 13.7. The molecule has 0 aliphatic rings. The lowest BCUT2D eigenvalue weighted by molar-refractivity contribution is 0.304. The Morgan fingerprint density at radius 3 is 2.44 bits per heavy atom. The number of aromatic nitrogens is 1. The molecule has 0 aromatic carbocycles. The van der Waals surface area contributed by atoms with Crippen molar-refractivity contribution < 1.29 is 0 Å². The van der Waals surface area contributed by atoms with E-state index in [1.165, 1.54) is 0 Å². The van der Waals surface area contributed by atoms with Gasteiger partial charge in [-0.1, -0.05) is 39.9 Å². The molecule has 3 N–H and O–H groups in total. The molecule has 18 heavy (non-hydrogen) atoms. The lowest BCUT2D eigenvalue weighted by atomic mass is 9.85. The fourth-order valence-electron chi connectivity index (χ4n) is 2.20. The summed E-state index contributed by atoms with van der Waals surface area (Å²) < 4.78 is 0. The van der Waals surface area contributed by atoms with E-state index in [0.29, 0.717) is 22.7 Å². The minimum Gasteiger partial charge on any atom is -0.389 e. The van der Waals surface area contributed by atoms with Gasteiger partial charge < -0.3 is 11.1 Å². The lowest BCUT2D eigenvalue weighted by Gasteiger charge is -2.25. The predicted molar refractivity (Wildman–Crippen MR) is 81.8 cm³/mol. The SMILES string of the molecule is CC(C)C(CNc1ncccc1C(N)=S)C(C)C. The van der Waals surface area contributed by atoms with E-state index in [4.69, 9.17) is 18.0 Å². The molecule has 1 heterocycles. The second-order valence-corrected chi connectivity index (χ2v) is 5.74. The molecule has 0 atom stereocenters. The molecule has 1 aromatic rings. The molecule has 0 saturated heterocycles. The first-order chi connectivity index (χ1) is 8.43. The lowest BCUT2D eigenvalue weighted by Crippen LogP contribution is -2.26. The molecule has 0 bridgehead atoms. The van der Waals surface area contributed by atoms with Crippen molar-refractivity contribution in [1.82, 2.24) is 4.98 Å². The minimum absolute atomic E-state index is 0.385. The summed E-state index contributed by atoms with van der Waals surface area (Å²) in [5.74, 6) is 2.66. The maximum absolute atomic E-state index is 5.69. The quantitative estimate of drug-likeness (QED) is 0.776. The Morgan fingerprint density at radius 1 is 1.33 bits per heavy atom. The minimum atomic E-state index is 0.385. The van der Waals surface area contributed by atoms with Crippen molar-refractivity contribution in [2.24, 2.45) is 23.5 Å². The van der Waals surface area contributed by atoms with Crippen LogP contribution in [0.25, 0.3) is 0 Å². The average Bonchev–Trinajstić information content (AvgIpc) is 2.28. The van der Waals surface area contributed by atoms with Crippen LogP contribution in [-0.4, -0.2) is 16.5 Å². The molecule has 0 spiro atoms. The summed E-state index contributed by atoms with van der Waals surface area (Å²) in [6.45, 7) is 9.89. The molecule has 0 aliphatic carbocycles. The zero-order valence-corrected chi connectivity index (χ0v) is 12.4. The van der Waals surface area contributed by atoms with Gasteiger partial charge in [0.05, 0.1) is 5.56 Å². The molecular formula is C14H23N3S. The van der Waals surface area contributed by atoms with Crippen molar-refractivity contribution in [3.8, 4) is 0 Å². The van der Waals surface area contributed by atoms with Gasteiger partial charge in [-0.05, 0) is 29.9 Å². The van der Waals surface area contributed by atoms with Crippen LogP contribution in [0.15, 0.2) is 18.3 Å². The van der Waals surface area contributed by atoms with E-state index in [9.17, 15) is 0 Å². The topological polar surface area (TPSA) is 50.9 Å². The molecule has 0 saturated carbocycles. The summed E-state index contributed by atoms with van der Waals surface area (Å²) in [7, 11) is 0. The number of hydrogen-bond acceptors (Lipinski definition) is 3. The van der Waals surface area contributed by atoms with Crippen LogP contribution in [0, 0.1) is 17.8 Å². The van der Waals surface area contributed by atoms with Crippen LogP contribution in [0.5, 0.6) is 0 Å². The molecule has 4 heteroatoms. The van der Waals surface area contributed by atoms with Crippen molar-refractivity contribution in [3.05, 3.63) is 23.9 Å². The van der Waals surface area contributed by atoms with Gasteiger partial charge in [-0.2, -0.15) is 0 Å². The second kappa shape index (κ2) is 6.69.